The summed E-state index contributed by atoms with van der Waals surface area (Å²) < 4.78 is 39.9. The van der Waals surface area contributed by atoms with Crippen LogP contribution in [0.2, 0.25) is 0 Å². The molecular formula is C18H31N2O6PS. The number of nitrogens with one attached hydrogen (secondary N) is 1. The van der Waals surface area contributed by atoms with Gasteiger partial charge in [0.25, 0.3) is 0 Å². The Labute approximate surface area is 167 Å². The minimum atomic E-state index is -4.19. The lowest BCUT2D eigenvalue weighted by Crippen LogP contribution is -2.40. The van der Waals surface area contributed by atoms with Gasteiger partial charge in [-0.25, -0.2) is 13.1 Å². The minimum Gasteiger partial charge on any atom is -0.481 e. The zero-order valence-corrected chi connectivity index (χ0v) is 18.2. The maximum Gasteiger partial charge on any atom is 0.311 e. The molecule has 0 bridgehead atoms. The van der Waals surface area contributed by atoms with E-state index in [-0.39, 0.29) is 12.3 Å². The van der Waals surface area contributed by atoms with Crippen LogP contribution in [0.1, 0.15) is 50.7 Å². The van der Waals surface area contributed by atoms with Crippen LogP contribution in [0, 0.1) is 5.92 Å². The first kappa shape index (κ1) is 24.8. The van der Waals surface area contributed by atoms with Gasteiger partial charge in [0.15, 0.2) is 0 Å². The Hall–Kier alpha value is -1.25. The molecule has 1 aromatic carbocycles. The van der Waals surface area contributed by atoms with Crippen molar-refractivity contribution in [1.82, 2.24) is 4.72 Å². The summed E-state index contributed by atoms with van der Waals surface area (Å²) in [5.74, 6) is -4.39. The normalized spacial score (nSPS) is 16.5. The van der Waals surface area contributed by atoms with E-state index in [1.54, 1.807) is 38.1 Å². The van der Waals surface area contributed by atoms with Crippen LogP contribution in [0.3, 0.4) is 0 Å². The zero-order valence-electron chi connectivity index (χ0n) is 16.5. The maximum atomic E-state index is 13.1. The maximum absolute atomic E-state index is 13.1. The van der Waals surface area contributed by atoms with E-state index in [1.165, 1.54) is 0 Å². The molecule has 0 spiro atoms. The smallest absolute Gasteiger partial charge is 0.311 e. The molecule has 0 aromatic heterocycles. The molecule has 0 fully saturated rings. The van der Waals surface area contributed by atoms with Gasteiger partial charge in [-0.2, -0.15) is 0 Å². The van der Waals surface area contributed by atoms with Crippen LogP contribution >= 0.6 is 7.37 Å². The second-order valence-corrected chi connectivity index (χ2v) is 11.6. The fraction of sp³-hybridized carbons (Fsp3) is 0.611. The summed E-state index contributed by atoms with van der Waals surface area (Å²) >= 11 is 0. The van der Waals surface area contributed by atoms with Crippen LogP contribution in [0.4, 0.5) is 0 Å². The lowest BCUT2D eigenvalue weighted by Gasteiger charge is -2.29. The van der Waals surface area contributed by atoms with Crippen molar-refractivity contribution in [2.24, 2.45) is 11.7 Å². The number of unbranched alkanes of at least 4 members (excludes halogenated alkanes) is 1. The van der Waals surface area contributed by atoms with Gasteiger partial charge < -0.3 is 15.7 Å². The molecule has 0 aliphatic carbocycles. The first-order valence-corrected chi connectivity index (χ1v) is 12.8. The van der Waals surface area contributed by atoms with Gasteiger partial charge >= 0.3 is 5.97 Å². The monoisotopic (exact) mass is 434 g/mol. The molecule has 160 valence electrons. The summed E-state index contributed by atoms with van der Waals surface area (Å²) in [6.45, 7) is 5.31. The van der Waals surface area contributed by atoms with Gasteiger partial charge in [0.2, 0.25) is 17.4 Å². The second kappa shape index (κ2) is 10.5. The van der Waals surface area contributed by atoms with E-state index in [9.17, 15) is 27.8 Å². The predicted molar refractivity (Wildman–Crippen MR) is 110 cm³/mol. The standard InChI is InChI=1S/C18H31N2O6PS/c1-4-5-9-28(25,26)20-17(13(2)3)27(23,24)12-16(18(21)22)15-8-6-7-14(10-15)11-19/h6-8,10,13,16-17,20H,4-5,9,11-12,19H2,1-3H3,(H,21,22)(H,23,24)/t16?,17-/m1/s1. The number of hydrogen-bond donors (Lipinski definition) is 4. The molecule has 5 N–H and O–H groups in total. The highest BCUT2D eigenvalue weighted by molar-refractivity contribution is 7.89. The Morgan fingerprint density at radius 3 is 2.46 bits per heavy atom. The lowest BCUT2D eigenvalue weighted by molar-refractivity contribution is -0.138. The Morgan fingerprint density at radius 1 is 1.32 bits per heavy atom. The number of aliphatic carboxylic acids is 1. The van der Waals surface area contributed by atoms with Gasteiger partial charge in [0, 0.05) is 12.7 Å². The minimum absolute atomic E-state index is 0.145. The fourth-order valence-electron chi connectivity index (χ4n) is 2.90. The van der Waals surface area contributed by atoms with Crippen LogP contribution in [-0.4, -0.2) is 42.1 Å². The van der Waals surface area contributed by atoms with E-state index in [2.05, 4.69) is 4.72 Å². The molecule has 0 radical (unpaired) electrons. The first-order valence-electron chi connectivity index (χ1n) is 9.26. The molecule has 0 saturated carbocycles. The summed E-state index contributed by atoms with van der Waals surface area (Å²) in [6, 6.07) is 6.53. The van der Waals surface area contributed by atoms with E-state index in [4.69, 9.17) is 5.73 Å². The molecule has 8 nitrogen and oxygen atoms in total. The van der Waals surface area contributed by atoms with Gasteiger partial charge in [-0.05, 0) is 23.5 Å². The third-order valence-electron chi connectivity index (χ3n) is 4.46. The molecule has 0 saturated heterocycles. The van der Waals surface area contributed by atoms with E-state index < -0.39 is 47.1 Å². The van der Waals surface area contributed by atoms with Crippen molar-refractivity contribution in [2.45, 2.75) is 51.9 Å². The molecule has 0 aliphatic heterocycles. The highest BCUT2D eigenvalue weighted by Gasteiger charge is 2.40. The lowest BCUT2D eigenvalue weighted by atomic mass is 9.99. The van der Waals surface area contributed by atoms with Crippen LogP contribution in [0.15, 0.2) is 24.3 Å². The molecule has 10 heteroatoms. The van der Waals surface area contributed by atoms with Crippen LogP contribution in [0.5, 0.6) is 0 Å². The third kappa shape index (κ3) is 7.29. The average Bonchev–Trinajstić information content (AvgIpc) is 2.62. The number of rotatable bonds is 12. The average molecular weight is 434 g/mol. The Balaban J connectivity index is 3.16. The number of hydrogen-bond acceptors (Lipinski definition) is 5. The van der Waals surface area contributed by atoms with Crippen molar-refractivity contribution < 1.29 is 27.8 Å². The van der Waals surface area contributed by atoms with E-state index in [1.807, 2.05) is 6.92 Å². The zero-order chi connectivity index (χ0) is 21.5. The number of carbonyl (C=O) groups is 1. The summed E-state index contributed by atoms with van der Waals surface area (Å²) in [6.07, 6.45) is 0.525. The van der Waals surface area contributed by atoms with Crippen LogP contribution in [0.25, 0.3) is 0 Å². The van der Waals surface area contributed by atoms with Crippen molar-refractivity contribution >= 4 is 23.4 Å². The molecule has 3 atom stereocenters. The van der Waals surface area contributed by atoms with Crippen LogP contribution < -0.4 is 10.5 Å². The molecule has 28 heavy (non-hydrogen) atoms. The molecule has 1 aromatic rings. The van der Waals surface area contributed by atoms with Gasteiger partial charge in [-0.15, -0.1) is 0 Å². The Kier molecular flexibility index (Phi) is 9.30. The highest BCUT2D eigenvalue weighted by Crippen LogP contribution is 2.51. The SMILES string of the molecule is CCCCS(=O)(=O)N[C@@H](C(C)C)P(=O)(O)CC(C(=O)O)c1cccc(CN)c1. The van der Waals surface area contributed by atoms with Crippen molar-refractivity contribution in [2.75, 3.05) is 11.9 Å². The quantitative estimate of drug-likeness (QED) is 0.369. The first-order chi connectivity index (χ1) is 12.9. The number of carboxylic acid groups (broad SMARTS) is 1. The van der Waals surface area contributed by atoms with Crippen molar-refractivity contribution in [3.63, 3.8) is 0 Å². The molecule has 0 heterocycles. The Bertz CT molecular complexity index is 812. The van der Waals surface area contributed by atoms with Gasteiger partial charge in [0.05, 0.1) is 11.7 Å². The largest absolute Gasteiger partial charge is 0.481 e. The van der Waals surface area contributed by atoms with Gasteiger partial charge in [-0.3, -0.25) is 9.36 Å². The Morgan fingerprint density at radius 2 is 1.96 bits per heavy atom. The van der Waals surface area contributed by atoms with E-state index in [0.29, 0.717) is 24.0 Å². The molecule has 0 amide bonds. The van der Waals surface area contributed by atoms with Crippen molar-refractivity contribution in [1.29, 1.82) is 0 Å². The van der Waals surface area contributed by atoms with E-state index >= 15 is 0 Å². The molecule has 1 rings (SSSR count). The fourth-order valence-corrected chi connectivity index (χ4v) is 7.52. The topological polar surface area (TPSA) is 147 Å². The second-order valence-electron chi connectivity index (χ2n) is 7.26. The molecular weight excluding hydrogens is 403 g/mol. The summed E-state index contributed by atoms with van der Waals surface area (Å²) in [7, 11) is -7.94. The number of sulfonamides is 1. The number of nitrogens with two attached hydrogens (primary N) is 1. The summed E-state index contributed by atoms with van der Waals surface area (Å²) in [5.41, 5.74) is 6.66. The van der Waals surface area contributed by atoms with Crippen molar-refractivity contribution in [3.8, 4) is 0 Å². The number of carboxylic acids is 1. The highest BCUT2D eigenvalue weighted by atomic mass is 32.2. The summed E-state index contributed by atoms with van der Waals surface area (Å²) in [5, 5.41) is 9.62. The van der Waals surface area contributed by atoms with Crippen molar-refractivity contribution in [3.05, 3.63) is 35.4 Å². The van der Waals surface area contributed by atoms with Gasteiger partial charge in [0.1, 0.15) is 5.78 Å². The van der Waals surface area contributed by atoms with E-state index in [0.717, 1.165) is 0 Å². The number of benzene rings is 1. The van der Waals surface area contributed by atoms with Gasteiger partial charge in [-0.1, -0.05) is 51.5 Å². The molecule has 2 unspecified atom stereocenters. The predicted octanol–water partition coefficient (Wildman–Crippen LogP) is 2.29. The molecule has 0 aliphatic rings. The van der Waals surface area contributed by atoms with Crippen LogP contribution in [-0.2, 0) is 25.9 Å². The summed E-state index contributed by atoms with van der Waals surface area (Å²) in [4.78, 5) is 22.5. The third-order valence-corrected chi connectivity index (χ3v) is 8.56.